The lowest BCUT2D eigenvalue weighted by molar-refractivity contribution is -0.127. The van der Waals surface area contributed by atoms with Gasteiger partial charge in [0, 0.05) is 29.6 Å². The van der Waals surface area contributed by atoms with Gasteiger partial charge in [0.15, 0.2) is 11.6 Å². The van der Waals surface area contributed by atoms with E-state index in [-0.39, 0.29) is 17.9 Å². The SMILES string of the molecule is O=C(NC1CCCCC1)C(C1CCCCC1)n1c(Cc2cccc(Cl)c2)nc2cc(F)c(F)cc21. The molecule has 1 heterocycles. The van der Waals surface area contributed by atoms with Gasteiger partial charge in [0.1, 0.15) is 11.9 Å². The van der Waals surface area contributed by atoms with Crippen LogP contribution in [0, 0.1) is 17.6 Å². The van der Waals surface area contributed by atoms with Gasteiger partial charge in [-0.2, -0.15) is 0 Å². The predicted molar refractivity (Wildman–Crippen MR) is 135 cm³/mol. The fourth-order valence-electron chi connectivity index (χ4n) is 5.93. The van der Waals surface area contributed by atoms with Crippen LogP contribution in [0.3, 0.4) is 0 Å². The van der Waals surface area contributed by atoms with E-state index in [2.05, 4.69) is 5.32 Å². The molecule has 1 atom stereocenters. The molecular weight excluding hydrogens is 468 g/mol. The standard InChI is InChI=1S/C28H32ClF2N3O/c29-20-11-7-8-18(14-20)15-26-33-24-16-22(30)23(31)17-25(24)34(26)27(19-9-3-1-4-10-19)28(35)32-21-12-5-2-6-13-21/h7-8,11,14,16-17,19,21,27H,1-6,9-10,12-13,15H2,(H,32,35). The molecule has 35 heavy (non-hydrogen) atoms. The van der Waals surface area contributed by atoms with Crippen molar-refractivity contribution in [1.82, 2.24) is 14.9 Å². The Morgan fingerprint density at radius 2 is 1.69 bits per heavy atom. The molecule has 1 unspecified atom stereocenters. The molecule has 2 aliphatic carbocycles. The zero-order valence-electron chi connectivity index (χ0n) is 19.9. The lowest BCUT2D eigenvalue weighted by Crippen LogP contribution is -2.43. The second-order valence-corrected chi connectivity index (χ2v) is 10.6. The highest BCUT2D eigenvalue weighted by molar-refractivity contribution is 6.30. The Hall–Kier alpha value is -2.47. The molecule has 2 aromatic carbocycles. The van der Waals surface area contributed by atoms with Crippen LogP contribution in [0.1, 0.15) is 81.6 Å². The van der Waals surface area contributed by atoms with Crippen molar-refractivity contribution in [2.75, 3.05) is 0 Å². The highest BCUT2D eigenvalue weighted by Gasteiger charge is 2.35. The number of carbonyl (C=O) groups excluding carboxylic acids is 1. The first kappa shape index (κ1) is 24.2. The lowest BCUT2D eigenvalue weighted by Gasteiger charge is -2.33. The largest absolute Gasteiger partial charge is 0.352 e. The first-order valence-electron chi connectivity index (χ1n) is 12.9. The third kappa shape index (κ3) is 5.37. The summed E-state index contributed by atoms with van der Waals surface area (Å²) in [5, 5.41) is 3.93. The van der Waals surface area contributed by atoms with Gasteiger partial charge in [-0.25, -0.2) is 13.8 Å². The minimum absolute atomic E-state index is 0.0276. The molecule has 5 rings (SSSR count). The van der Waals surface area contributed by atoms with Crippen LogP contribution in [0.4, 0.5) is 8.78 Å². The molecular formula is C28H32ClF2N3O. The Balaban J connectivity index is 1.60. The molecule has 0 bridgehead atoms. The number of hydrogen-bond donors (Lipinski definition) is 1. The van der Waals surface area contributed by atoms with Gasteiger partial charge in [0.2, 0.25) is 5.91 Å². The van der Waals surface area contributed by atoms with Crippen LogP contribution >= 0.6 is 11.6 Å². The van der Waals surface area contributed by atoms with Gasteiger partial charge >= 0.3 is 0 Å². The van der Waals surface area contributed by atoms with Crippen molar-refractivity contribution in [1.29, 1.82) is 0 Å². The zero-order valence-corrected chi connectivity index (χ0v) is 20.7. The summed E-state index contributed by atoms with van der Waals surface area (Å²) in [6.45, 7) is 0. The van der Waals surface area contributed by atoms with Crippen molar-refractivity contribution in [2.24, 2.45) is 5.92 Å². The second kappa shape index (κ2) is 10.7. The zero-order chi connectivity index (χ0) is 24.4. The number of nitrogens with zero attached hydrogens (tertiary/aromatic N) is 2. The van der Waals surface area contributed by atoms with E-state index in [1.54, 1.807) is 6.07 Å². The summed E-state index contributed by atoms with van der Waals surface area (Å²) in [4.78, 5) is 18.6. The average molecular weight is 500 g/mol. The van der Waals surface area contributed by atoms with Crippen LogP contribution in [0.2, 0.25) is 5.02 Å². The quantitative estimate of drug-likeness (QED) is 0.392. The molecule has 1 amide bonds. The number of carbonyl (C=O) groups is 1. The van der Waals surface area contributed by atoms with Gasteiger partial charge in [-0.05, 0) is 49.3 Å². The number of rotatable bonds is 6. The van der Waals surface area contributed by atoms with Crippen LogP contribution in [0.5, 0.6) is 0 Å². The maximum Gasteiger partial charge on any atom is 0.243 e. The van der Waals surface area contributed by atoms with E-state index >= 15 is 0 Å². The Bertz CT molecular complexity index is 1200. The molecule has 1 N–H and O–H groups in total. The van der Waals surface area contributed by atoms with E-state index in [4.69, 9.17) is 16.6 Å². The number of benzene rings is 2. The van der Waals surface area contributed by atoms with Crippen LogP contribution in [0.15, 0.2) is 36.4 Å². The number of aromatic nitrogens is 2. The van der Waals surface area contributed by atoms with E-state index in [1.165, 1.54) is 12.5 Å². The number of hydrogen-bond acceptors (Lipinski definition) is 2. The van der Waals surface area contributed by atoms with Crippen molar-refractivity contribution < 1.29 is 13.6 Å². The van der Waals surface area contributed by atoms with Crippen molar-refractivity contribution in [3.05, 3.63) is 64.4 Å². The Morgan fingerprint density at radius 3 is 2.40 bits per heavy atom. The molecule has 186 valence electrons. The Kier molecular flexibility index (Phi) is 7.37. The molecule has 0 spiro atoms. The number of fused-ring (bicyclic) bond motifs is 1. The molecule has 0 saturated heterocycles. The number of nitrogens with one attached hydrogen (secondary N) is 1. The normalized spacial score (nSPS) is 18.6. The van der Waals surface area contributed by atoms with Crippen LogP contribution < -0.4 is 5.32 Å². The average Bonchev–Trinajstić information content (AvgIpc) is 3.17. The summed E-state index contributed by atoms with van der Waals surface area (Å²) in [5.41, 5.74) is 1.77. The summed E-state index contributed by atoms with van der Waals surface area (Å²) in [5.74, 6) is -1.14. The van der Waals surface area contributed by atoms with Gasteiger partial charge in [-0.1, -0.05) is 62.3 Å². The summed E-state index contributed by atoms with van der Waals surface area (Å²) in [6, 6.07) is 9.49. The van der Waals surface area contributed by atoms with E-state index in [1.807, 2.05) is 22.8 Å². The summed E-state index contributed by atoms with van der Waals surface area (Å²) in [7, 11) is 0. The van der Waals surface area contributed by atoms with Crippen molar-refractivity contribution in [3.8, 4) is 0 Å². The van der Waals surface area contributed by atoms with E-state index in [0.717, 1.165) is 69.4 Å². The molecule has 3 aromatic rings. The Labute approximate surface area is 210 Å². The monoisotopic (exact) mass is 499 g/mol. The van der Waals surface area contributed by atoms with Crippen LogP contribution in [-0.4, -0.2) is 21.5 Å². The molecule has 4 nitrogen and oxygen atoms in total. The van der Waals surface area contributed by atoms with Crippen LogP contribution in [-0.2, 0) is 11.2 Å². The first-order chi connectivity index (χ1) is 17.0. The number of imidazole rings is 1. The predicted octanol–water partition coefficient (Wildman–Crippen LogP) is 7.13. The highest BCUT2D eigenvalue weighted by Crippen LogP contribution is 2.37. The topological polar surface area (TPSA) is 46.9 Å². The van der Waals surface area contributed by atoms with Crippen molar-refractivity contribution in [3.63, 3.8) is 0 Å². The number of halogens is 3. The first-order valence-corrected chi connectivity index (χ1v) is 13.3. The third-order valence-electron chi connectivity index (χ3n) is 7.65. The Morgan fingerprint density at radius 1 is 1.00 bits per heavy atom. The second-order valence-electron chi connectivity index (χ2n) is 10.1. The van der Waals surface area contributed by atoms with Gasteiger partial charge in [-0.3, -0.25) is 4.79 Å². The smallest absolute Gasteiger partial charge is 0.243 e. The molecule has 2 aliphatic rings. The van der Waals surface area contributed by atoms with Gasteiger partial charge in [-0.15, -0.1) is 0 Å². The molecule has 2 fully saturated rings. The molecule has 0 aliphatic heterocycles. The minimum Gasteiger partial charge on any atom is -0.352 e. The van der Waals surface area contributed by atoms with Crippen molar-refractivity contribution in [2.45, 2.75) is 82.7 Å². The summed E-state index contributed by atoms with van der Waals surface area (Å²) < 4.78 is 30.5. The summed E-state index contributed by atoms with van der Waals surface area (Å²) >= 11 is 6.22. The van der Waals surface area contributed by atoms with Gasteiger partial charge in [0.05, 0.1) is 11.0 Å². The third-order valence-corrected chi connectivity index (χ3v) is 7.89. The fourth-order valence-corrected chi connectivity index (χ4v) is 6.14. The molecule has 1 aromatic heterocycles. The summed E-state index contributed by atoms with van der Waals surface area (Å²) in [6.07, 6.45) is 11.0. The van der Waals surface area contributed by atoms with Gasteiger partial charge < -0.3 is 9.88 Å². The van der Waals surface area contributed by atoms with Crippen LogP contribution in [0.25, 0.3) is 11.0 Å². The van der Waals surface area contributed by atoms with Gasteiger partial charge in [0.25, 0.3) is 0 Å². The molecule has 0 radical (unpaired) electrons. The number of amides is 1. The molecule has 2 saturated carbocycles. The lowest BCUT2D eigenvalue weighted by atomic mass is 9.82. The highest BCUT2D eigenvalue weighted by atomic mass is 35.5. The minimum atomic E-state index is -0.933. The van der Waals surface area contributed by atoms with E-state index in [9.17, 15) is 13.6 Å². The van der Waals surface area contributed by atoms with E-state index in [0.29, 0.717) is 28.3 Å². The molecule has 7 heteroatoms. The fraction of sp³-hybridized carbons (Fsp3) is 0.500. The maximum absolute atomic E-state index is 14.5. The van der Waals surface area contributed by atoms with Crippen molar-refractivity contribution >= 4 is 28.5 Å². The van der Waals surface area contributed by atoms with E-state index < -0.39 is 17.7 Å². The maximum atomic E-state index is 14.5.